The minimum absolute atomic E-state index is 0.0824. The number of methoxy groups -OCH3 is 1. The van der Waals surface area contributed by atoms with Crippen LogP contribution in [0.2, 0.25) is 5.02 Å². The quantitative estimate of drug-likeness (QED) is 0.625. The number of aromatic nitrogens is 2. The fraction of sp³-hybridized carbons (Fsp3) is 0.227. The molecule has 154 valence electrons. The molecular weight excluding hydrogens is 406 g/mol. The van der Waals surface area contributed by atoms with E-state index in [9.17, 15) is 4.79 Å². The topological polar surface area (TPSA) is 82.6 Å². The van der Waals surface area contributed by atoms with Crippen LogP contribution in [0.15, 0.2) is 54.9 Å². The van der Waals surface area contributed by atoms with Crippen LogP contribution in [-0.2, 0) is 11.2 Å². The van der Waals surface area contributed by atoms with E-state index in [1.54, 1.807) is 55.9 Å². The maximum atomic E-state index is 12.2. The van der Waals surface area contributed by atoms with Crippen LogP contribution >= 0.6 is 11.6 Å². The second-order valence-corrected chi connectivity index (χ2v) is 7.16. The van der Waals surface area contributed by atoms with Crippen molar-refractivity contribution < 1.29 is 19.0 Å². The summed E-state index contributed by atoms with van der Waals surface area (Å²) >= 11 is 6.27. The summed E-state index contributed by atoms with van der Waals surface area (Å²) in [6.07, 6.45) is 3.77. The van der Waals surface area contributed by atoms with Crippen molar-refractivity contribution in [2.45, 2.75) is 12.5 Å². The van der Waals surface area contributed by atoms with E-state index in [0.717, 1.165) is 16.9 Å². The van der Waals surface area contributed by atoms with E-state index < -0.39 is 0 Å². The van der Waals surface area contributed by atoms with Crippen molar-refractivity contribution in [3.05, 3.63) is 65.4 Å². The molecule has 0 unspecified atom stereocenters. The molecule has 0 aliphatic carbocycles. The van der Waals surface area contributed by atoms with Crippen molar-refractivity contribution in [1.82, 2.24) is 15.3 Å². The van der Waals surface area contributed by atoms with Gasteiger partial charge in [-0.2, -0.15) is 0 Å². The number of ether oxygens (including phenoxy) is 3. The summed E-state index contributed by atoms with van der Waals surface area (Å²) in [6.45, 7) is 0.271. The average Bonchev–Trinajstić information content (AvgIpc) is 3.19. The number of fused-ring (bicyclic) bond motifs is 1. The van der Waals surface area contributed by atoms with Gasteiger partial charge in [-0.3, -0.25) is 4.79 Å². The third-order valence-electron chi connectivity index (χ3n) is 4.63. The highest BCUT2D eigenvalue weighted by atomic mass is 35.5. The molecule has 7 nitrogen and oxygen atoms in total. The van der Waals surface area contributed by atoms with Gasteiger partial charge >= 0.3 is 0 Å². The number of rotatable bonds is 7. The molecule has 1 atom stereocenters. The molecule has 0 fully saturated rings. The van der Waals surface area contributed by atoms with Crippen molar-refractivity contribution in [2.75, 3.05) is 20.3 Å². The molecule has 1 aromatic heterocycles. The number of hydrogen-bond acceptors (Lipinski definition) is 6. The molecule has 3 aromatic rings. The Balaban J connectivity index is 1.33. The van der Waals surface area contributed by atoms with Gasteiger partial charge in [0.25, 0.3) is 5.91 Å². The van der Waals surface area contributed by atoms with Crippen LogP contribution in [0, 0.1) is 0 Å². The van der Waals surface area contributed by atoms with Gasteiger partial charge in [0.15, 0.2) is 12.4 Å². The summed E-state index contributed by atoms with van der Waals surface area (Å²) < 4.78 is 16.7. The third kappa shape index (κ3) is 4.63. The number of nitrogens with one attached hydrogen (secondary N) is 1. The zero-order valence-electron chi connectivity index (χ0n) is 16.3. The van der Waals surface area contributed by atoms with Gasteiger partial charge in [0.2, 0.25) is 0 Å². The van der Waals surface area contributed by atoms with Crippen LogP contribution in [-0.4, -0.2) is 42.2 Å². The van der Waals surface area contributed by atoms with Gasteiger partial charge < -0.3 is 19.5 Å². The highest BCUT2D eigenvalue weighted by Crippen LogP contribution is 2.39. The fourth-order valence-corrected chi connectivity index (χ4v) is 3.45. The maximum absolute atomic E-state index is 12.2. The number of nitrogens with zero attached hydrogens (tertiary/aromatic N) is 2. The summed E-state index contributed by atoms with van der Waals surface area (Å²) in [7, 11) is 1.59. The molecule has 0 saturated carbocycles. The Hall–Kier alpha value is -3.32. The molecule has 1 aliphatic rings. The van der Waals surface area contributed by atoms with E-state index in [1.807, 2.05) is 6.07 Å². The second-order valence-electron chi connectivity index (χ2n) is 6.73. The maximum Gasteiger partial charge on any atom is 0.258 e. The normalized spacial score (nSPS) is 14.5. The summed E-state index contributed by atoms with van der Waals surface area (Å²) in [5, 5.41) is 3.44. The lowest BCUT2D eigenvalue weighted by atomic mass is 10.1. The number of carbonyl (C=O) groups excluding carboxylic acids is 1. The van der Waals surface area contributed by atoms with E-state index in [-0.39, 0.29) is 18.6 Å². The molecule has 4 rings (SSSR count). The Morgan fingerprint density at radius 1 is 1.20 bits per heavy atom. The van der Waals surface area contributed by atoms with Gasteiger partial charge in [0, 0.05) is 29.4 Å². The highest BCUT2D eigenvalue weighted by Gasteiger charge is 2.27. The molecule has 0 spiro atoms. The number of hydrogen-bond donors (Lipinski definition) is 1. The summed E-state index contributed by atoms with van der Waals surface area (Å²) in [5.74, 6) is 2.35. The summed E-state index contributed by atoms with van der Waals surface area (Å²) in [6, 6.07) is 12.5. The van der Waals surface area contributed by atoms with E-state index in [0.29, 0.717) is 35.3 Å². The SMILES string of the molecule is COc1ccc(OCC(=O)NC[C@@H]2Cc3cc(Cl)cc(-c4ncccn4)c3O2)cc1. The lowest BCUT2D eigenvalue weighted by molar-refractivity contribution is -0.123. The molecule has 1 amide bonds. The van der Waals surface area contributed by atoms with Crippen LogP contribution in [0.5, 0.6) is 17.2 Å². The van der Waals surface area contributed by atoms with Gasteiger partial charge in [-0.25, -0.2) is 9.97 Å². The fourth-order valence-electron chi connectivity index (χ4n) is 3.21. The van der Waals surface area contributed by atoms with Gasteiger partial charge in [0.1, 0.15) is 23.4 Å². The molecule has 8 heteroatoms. The summed E-state index contributed by atoms with van der Waals surface area (Å²) in [4.78, 5) is 20.7. The first kappa shape index (κ1) is 20.0. The van der Waals surface area contributed by atoms with Crippen molar-refractivity contribution in [3.8, 4) is 28.6 Å². The first-order valence-electron chi connectivity index (χ1n) is 9.42. The molecule has 1 aliphatic heterocycles. The number of amides is 1. The average molecular weight is 426 g/mol. The van der Waals surface area contributed by atoms with Crippen LogP contribution in [0.1, 0.15) is 5.56 Å². The smallest absolute Gasteiger partial charge is 0.258 e. The molecule has 0 bridgehead atoms. The Morgan fingerprint density at radius 3 is 2.67 bits per heavy atom. The van der Waals surface area contributed by atoms with E-state index in [4.69, 9.17) is 25.8 Å². The van der Waals surface area contributed by atoms with E-state index in [1.165, 1.54) is 0 Å². The van der Waals surface area contributed by atoms with Crippen molar-refractivity contribution in [3.63, 3.8) is 0 Å². The molecule has 0 radical (unpaired) electrons. The standard InChI is InChI=1S/C22H20ClN3O4/c1-28-16-3-5-17(6-4-16)29-13-20(27)26-12-18-10-14-9-15(23)11-19(21(14)30-18)22-24-7-2-8-25-22/h2-9,11,18H,10,12-13H2,1H3,(H,26,27)/t18-/m0/s1. The number of carbonyl (C=O) groups is 1. The Morgan fingerprint density at radius 2 is 1.93 bits per heavy atom. The molecule has 1 N–H and O–H groups in total. The number of halogens is 1. The monoisotopic (exact) mass is 425 g/mol. The van der Waals surface area contributed by atoms with Gasteiger partial charge in [-0.15, -0.1) is 0 Å². The Kier molecular flexibility index (Phi) is 5.99. The second kappa shape index (κ2) is 9.00. The first-order chi connectivity index (χ1) is 14.6. The molecule has 2 aromatic carbocycles. The molecular formula is C22H20ClN3O4. The van der Waals surface area contributed by atoms with E-state index in [2.05, 4.69) is 15.3 Å². The van der Waals surface area contributed by atoms with Gasteiger partial charge in [0.05, 0.1) is 19.2 Å². The summed E-state index contributed by atoms with van der Waals surface area (Å²) in [5.41, 5.74) is 1.72. The van der Waals surface area contributed by atoms with Crippen LogP contribution < -0.4 is 19.5 Å². The first-order valence-corrected chi connectivity index (χ1v) is 9.80. The lowest BCUT2D eigenvalue weighted by Gasteiger charge is -2.13. The highest BCUT2D eigenvalue weighted by molar-refractivity contribution is 6.31. The zero-order valence-corrected chi connectivity index (χ0v) is 17.1. The van der Waals surface area contributed by atoms with Crippen molar-refractivity contribution in [2.24, 2.45) is 0 Å². The van der Waals surface area contributed by atoms with Crippen molar-refractivity contribution >= 4 is 17.5 Å². The Bertz CT molecular complexity index is 1030. The van der Waals surface area contributed by atoms with Crippen molar-refractivity contribution in [1.29, 1.82) is 0 Å². The predicted molar refractivity (Wildman–Crippen MR) is 112 cm³/mol. The van der Waals surface area contributed by atoms with Gasteiger partial charge in [-0.1, -0.05) is 11.6 Å². The molecule has 30 heavy (non-hydrogen) atoms. The van der Waals surface area contributed by atoms with Crippen LogP contribution in [0.4, 0.5) is 0 Å². The minimum atomic E-state index is -0.227. The van der Waals surface area contributed by atoms with Crippen LogP contribution in [0.25, 0.3) is 11.4 Å². The molecule has 2 heterocycles. The Labute approximate surface area is 179 Å². The predicted octanol–water partition coefficient (Wildman–Crippen LogP) is 3.30. The lowest BCUT2D eigenvalue weighted by Crippen LogP contribution is -2.37. The third-order valence-corrected chi connectivity index (χ3v) is 4.84. The van der Waals surface area contributed by atoms with E-state index >= 15 is 0 Å². The number of benzene rings is 2. The molecule has 0 saturated heterocycles. The van der Waals surface area contributed by atoms with Crippen LogP contribution in [0.3, 0.4) is 0 Å². The minimum Gasteiger partial charge on any atom is -0.497 e. The zero-order chi connectivity index (χ0) is 20.9. The van der Waals surface area contributed by atoms with Gasteiger partial charge in [-0.05, 0) is 42.5 Å². The largest absolute Gasteiger partial charge is 0.497 e.